The fourth-order valence-electron chi connectivity index (χ4n) is 1.09. The van der Waals surface area contributed by atoms with Crippen LogP contribution in [0.15, 0.2) is 30.3 Å². The summed E-state index contributed by atoms with van der Waals surface area (Å²) in [6.07, 6.45) is 4.91. The lowest BCUT2D eigenvalue weighted by molar-refractivity contribution is -0.109. The molecule has 3 heteroatoms. The van der Waals surface area contributed by atoms with Gasteiger partial charge in [-0.3, -0.25) is 4.79 Å². The molecule has 0 saturated carbocycles. The molecule has 0 aliphatic rings. The molecule has 0 amide bonds. The molecular formula is C12H13ClOS. The summed E-state index contributed by atoms with van der Waals surface area (Å²) in [7, 11) is 0. The number of hydrogen-bond acceptors (Lipinski definition) is 2. The second-order valence-electron chi connectivity index (χ2n) is 3.05. The standard InChI is InChI=1S/C12H13ClOS/c1-10(14)15-9-5-4-7-11-6-2-3-8-12(11)13/h2-4,6-8H,5,9H2,1H3. The number of thioether (sulfide) groups is 1. The van der Waals surface area contributed by atoms with Crippen LogP contribution in [0.2, 0.25) is 5.02 Å². The average Bonchev–Trinajstić information content (AvgIpc) is 2.20. The van der Waals surface area contributed by atoms with E-state index in [-0.39, 0.29) is 5.12 Å². The smallest absolute Gasteiger partial charge is 0.185 e. The van der Waals surface area contributed by atoms with Crippen molar-refractivity contribution in [1.82, 2.24) is 0 Å². The quantitative estimate of drug-likeness (QED) is 0.740. The van der Waals surface area contributed by atoms with Crippen LogP contribution in [0.1, 0.15) is 18.9 Å². The van der Waals surface area contributed by atoms with Crippen LogP contribution in [-0.2, 0) is 4.79 Å². The lowest BCUT2D eigenvalue weighted by atomic mass is 10.2. The molecule has 0 aliphatic heterocycles. The molecule has 0 bridgehead atoms. The first-order valence-electron chi connectivity index (χ1n) is 4.74. The van der Waals surface area contributed by atoms with E-state index in [1.165, 1.54) is 11.8 Å². The van der Waals surface area contributed by atoms with Crippen LogP contribution >= 0.6 is 23.4 Å². The van der Waals surface area contributed by atoms with Crippen LogP contribution in [0.4, 0.5) is 0 Å². The van der Waals surface area contributed by atoms with Crippen molar-refractivity contribution >= 4 is 34.6 Å². The Morgan fingerprint density at radius 2 is 2.20 bits per heavy atom. The van der Waals surface area contributed by atoms with E-state index in [1.54, 1.807) is 6.92 Å². The Balaban J connectivity index is 2.38. The zero-order valence-corrected chi connectivity index (χ0v) is 10.1. The Kier molecular flexibility index (Phi) is 5.51. The molecular weight excluding hydrogens is 228 g/mol. The first-order chi connectivity index (χ1) is 7.20. The minimum atomic E-state index is 0.168. The number of hydrogen-bond donors (Lipinski definition) is 0. The number of carbonyl (C=O) groups is 1. The van der Waals surface area contributed by atoms with Gasteiger partial charge in [-0.15, -0.1) is 0 Å². The topological polar surface area (TPSA) is 17.1 Å². The predicted octanol–water partition coefficient (Wildman–Crippen LogP) is 4.02. The van der Waals surface area contributed by atoms with Crippen LogP contribution in [-0.4, -0.2) is 10.9 Å². The van der Waals surface area contributed by atoms with E-state index < -0.39 is 0 Å². The van der Waals surface area contributed by atoms with E-state index >= 15 is 0 Å². The highest BCUT2D eigenvalue weighted by atomic mass is 35.5. The van der Waals surface area contributed by atoms with Gasteiger partial charge in [0.05, 0.1) is 0 Å². The summed E-state index contributed by atoms with van der Waals surface area (Å²) < 4.78 is 0. The number of carbonyl (C=O) groups excluding carboxylic acids is 1. The molecule has 0 unspecified atom stereocenters. The summed E-state index contributed by atoms with van der Waals surface area (Å²) in [6, 6.07) is 7.70. The van der Waals surface area contributed by atoms with Gasteiger partial charge in [-0.25, -0.2) is 0 Å². The largest absolute Gasteiger partial charge is 0.288 e. The fourth-order valence-corrected chi connectivity index (χ4v) is 1.83. The lowest BCUT2D eigenvalue weighted by Gasteiger charge is -1.96. The lowest BCUT2D eigenvalue weighted by Crippen LogP contribution is -1.83. The van der Waals surface area contributed by atoms with E-state index in [9.17, 15) is 4.79 Å². The highest BCUT2D eigenvalue weighted by Crippen LogP contribution is 2.16. The molecule has 1 aromatic carbocycles. The van der Waals surface area contributed by atoms with Gasteiger partial charge in [0.1, 0.15) is 0 Å². The number of halogens is 1. The van der Waals surface area contributed by atoms with Crippen LogP contribution in [0.3, 0.4) is 0 Å². The third kappa shape index (κ3) is 5.05. The van der Waals surface area contributed by atoms with Crippen molar-refractivity contribution in [1.29, 1.82) is 0 Å². The third-order valence-electron chi connectivity index (χ3n) is 1.79. The van der Waals surface area contributed by atoms with Crippen molar-refractivity contribution in [2.24, 2.45) is 0 Å². The maximum absolute atomic E-state index is 10.6. The van der Waals surface area contributed by atoms with Gasteiger partial charge in [0.25, 0.3) is 0 Å². The molecule has 15 heavy (non-hydrogen) atoms. The Morgan fingerprint density at radius 1 is 1.47 bits per heavy atom. The van der Waals surface area contributed by atoms with Crippen LogP contribution in [0.5, 0.6) is 0 Å². The normalized spacial score (nSPS) is 10.8. The van der Waals surface area contributed by atoms with Crippen molar-refractivity contribution in [3.05, 3.63) is 40.9 Å². The Bertz CT molecular complexity index is 360. The maximum Gasteiger partial charge on any atom is 0.185 e. The third-order valence-corrected chi connectivity index (χ3v) is 2.98. The van der Waals surface area contributed by atoms with Crippen molar-refractivity contribution < 1.29 is 4.79 Å². The van der Waals surface area contributed by atoms with E-state index in [1.807, 2.05) is 36.4 Å². The molecule has 0 saturated heterocycles. The number of benzene rings is 1. The van der Waals surface area contributed by atoms with Gasteiger partial charge in [-0.1, -0.05) is 53.7 Å². The predicted molar refractivity (Wildman–Crippen MR) is 68.2 cm³/mol. The molecule has 0 radical (unpaired) electrons. The van der Waals surface area contributed by atoms with Gasteiger partial charge in [0, 0.05) is 17.7 Å². The minimum absolute atomic E-state index is 0.168. The second kappa shape index (κ2) is 6.70. The maximum atomic E-state index is 10.6. The van der Waals surface area contributed by atoms with Crippen molar-refractivity contribution in [2.45, 2.75) is 13.3 Å². The van der Waals surface area contributed by atoms with Crippen LogP contribution in [0, 0.1) is 0 Å². The summed E-state index contributed by atoms with van der Waals surface area (Å²) in [6.45, 7) is 1.59. The van der Waals surface area contributed by atoms with E-state index in [2.05, 4.69) is 0 Å². The molecule has 0 N–H and O–H groups in total. The summed E-state index contributed by atoms with van der Waals surface area (Å²) in [5, 5.41) is 0.925. The zero-order chi connectivity index (χ0) is 11.1. The minimum Gasteiger partial charge on any atom is -0.288 e. The second-order valence-corrected chi connectivity index (χ2v) is 4.73. The monoisotopic (exact) mass is 240 g/mol. The Morgan fingerprint density at radius 3 is 2.87 bits per heavy atom. The molecule has 0 aliphatic carbocycles. The van der Waals surface area contributed by atoms with Gasteiger partial charge in [0.2, 0.25) is 0 Å². The number of rotatable bonds is 4. The molecule has 0 heterocycles. The summed E-state index contributed by atoms with van der Waals surface area (Å²) in [5.41, 5.74) is 1.02. The average molecular weight is 241 g/mol. The molecule has 1 nitrogen and oxygen atoms in total. The summed E-state index contributed by atoms with van der Waals surface area (Å²) in [4.78, 5) is 10.6. The Labute approximate surface area is 99.5 Å². The fraction of sp³-hybridized carbons (Fsp3) is 0.250. The van der Waals surface area contributed by atoms with E-state index in [4.69, 9.17) is 11.6 Å². The van der Waals surface area contributed by atoms with E-state index in [0.717, 1.165) is 22.8 Å². The molecule has 1 rings (SSSR count). The van der Waals surface area contributed by atoms with Crippen LogP contribution < -0.4 is 0 Å². The van der Waals surface area contributed by atoms with Crippen molar-refractivity contribution in [2.75, 3.05) is 5.75 Å². The summed E-state index contributed by atoms with van der Waals surface area (Å²) >= 11 is 7.32. The van der Waals surface area contributed by atoms with Gasteiger partial charge in [0.15, 0.2) is 5.12 Å². The highest BCUT2D eigenvalue weighted by molar-refractivity contribution is 8.13. The first-order valence-corrected chi connectivity index (χ1v) is 6.11. The van der Waals surface area contributed by atoms with Gasteiger partial charge >= 0.3 is 0 Å². The molecule has 1 aromatic rings. The van der Waals surface area contributed by atoms with Crippen LogP contribution in [0.25, 0.3) is 6.08 Å². The first kappa shape index (κ1) is 12.3. The van der Waals surface area contributed by atoms with Gasteiger partial charge in [-0.05, 0) is 18.1 Å². The SMILES string of the molecule is CC(=O)SCCC=Cc1ccccc1Cl. The molecule has 0 spiro atoms. The Hall–Kier alpha value is -0.730. The molecule has 0 fully saturated rings. The molecule has 0 atom stereocenters. The van der Waals surface area contributed by atoms with Gasteiger partial charge < -0.3 is 0 Å². The highest BCUT2D eigenvalue weighted by Gasteiger charge is 1.93. The molecule has 0 aromatic heterocycles. The van der Waals surface area contributed by atoms with Gasteiger partial charge in [-0.2, -0.15) is 0 Å². The van der Waals surface area contributed by atoms with Crippen molar-refractivity contribution in [3.8, 4) is 0 Å². The van der Waals surface area contributed by atoms with Crippen molar-refractivity contribution in [3.63, 3.8) is 0 Å². The summed E-state index contributed by atoms with van der Waals surface area (Å²) in [5.74, 6) is 0.830. The zero-order valence-electron chi connectivity index (χ0n) is 8.57. The molecule has 80 valence electrons. The van der Waals surface area contributed by atoms with E-state index in [0.29, 0.717) is 0 Å². The number of allylic oxidation sites excluding steroid dienone is 1.